The van der Waals surface area contributed by atoms with Crippen molar-refractivity contribution in [3.63, 3.8) is 0 Å². The van der Waals surface area contributed by atoms with E-state index in [0.29, 0.717) is 10.8 Å². The van der Waals surface area contributed by atoms with Crippen LogP contribution in [0.2, 0.25) is 5.02 Å². The van der Waals surface area contributed by atoms with E-state index in [-0.39, 0.29) is 5.95 Å². The molecule has 20 heavy (non-hydrogen) atoms. The van der Waals surface area contributed by atoms with Crippen molar-refractivity contribution in [2.75, 3.05) is 11.1 Å². The second kappa shape index (κ2) is 4.92. The lowest BCUT2D eigenvalue weighted by Gasteiger charge is -2.10. The number of nitrogens with two attached hydrogens (primary N) is 1. The van der Waals surface area contributed by atoms with Crippen molar-refractivity contribution in [1.29, 1.82) is 0 Å². The molecule has 0 radical (unpaired) electrons. The maximum absolute atomic E-state index is 6.21. The van der Waals surface area contributed by atoms with Gasteiger partial charge in [0.2, 0.25) is 5.95 Å². The van der Waals surface area contributed by atoms with Crippen molar-refractivity contribution in [2.45, 2.75) is 13.8 Å². The summed E-state index contributed by atoms with van der Waals surface area (Å²) in [6.45, 7) is 4.05. The zero-order valence-electron chi connectivity index (χ0n) is 11.1. The topological polar surface area (TPSA) is 63.8 Å². The van der Waals surface area contributed by atoms with Crippen LogP contribution in [0, 0.1) is 13.8 Å². The van der Waals surface area contributed by atoms with Crippen LogP contribution in [-0.2, 0) is 0 Å². The molecule has 0 saturated heterocycles. The fourth-order valence-electron chi connectivity index (χ4n) is 2.02. The first kappa shape index (κ1) is 13.1. The maximum atomic E-state index is 6.21. The van der Waals surface area contributed by atoms with E-state index in [9.17, 15) is 0 Å². The number of aromatic nitrogens is 2. The van der Waals surface area contributed by atoms with Crippen molar-refractivity contribution in [3.8, 4) is 0 Å². The number of hydrogen-bond donors (Lipinski definition) is 2. The molecule has 3 rings (SSSR count). The summed E-state index contributed by atoms with van der Waals surface area (Å²) >= 11 is 7.80. The van der Waals surface area contributed by atoms with E-state index >= 15 is 0 Å². The van der Waals surface area contributed by atoms with Crippen LogP contribution < -0.4 is 11.1 Å². The highest BCUT2D eigenvalue weighted by Gasteiger charge is 2.11. The zero-order chi connectivity index (χ0) is 14.3. The Morgan fingerprint density at radius 2 is 2.00 bits per heavy atom. The average molecular weight is 305 g/mol. The van der Waals surface area contributed by atoms with Crippen LogP contribution in [0.3, 0.4) is 0 Å². The summed E-state index contributed by atoms with van der Waals surface area (Å²) in [5, 5.41) is 4.86. The lowest BCUT2D eigenvalue weighted by Crippen LogP contribution is -2.00. The molecule has 0 amide bonds. The van der Waals surface area contributed by atoms with E-state index in [1.54, 1.807) is 11.3 Å². The smallest absolute Gasteiger partial charge is 0.223 e. The number of anilines is 3. The Bertz CT molecular complexity index is 797. The fraction of sp³-hybridized carbons (Fsp3) is 0.143. The minimum absolute atomic E-state index is 0.255. The molecule has 3 aromatic rings. The number of halogens is 1. The molecule has 0 aliphatic rings. The van der Waals surface area contributed by atoms with Gasteiger partial charge in [0, 0.05) is 4.88 Å². The number of hydrogen-bond acceptors (Lipinski definition) is 5. The molecule has 6 heteroatoms. The zero-order valence-corrected chi connectivity index (χ0v) is 12.6. The Balaban J connectivity index is 2.12. The fourth-order valence-corrected chi connectivity index (χ4v) is 3.07. The monoisotopic (exact) mass is 304 g/mol. The number of fused-ring (bicyclic) bond motifs is 1. The molecule has 0 bridgehead atoms. The summed E-state index contributed by atoms with van der Waals surface area (Å²) < 4.78 is 0. The van der Waals surface area contributed by atoms with Crippen LogP contribution in [0.1, 0.15) is 10.4 Å². The lowest BCUT2D eigenvalue weighted by atomic mass is 10.2. The third kappa shape index (κ3) is 2.42. The summed E-state index contributed by atoms with van der Waals surface area (Å²) in [5.74, 6) is 0.940. The molecular weight excluding hydrogens is 292 g/mol. The minimum atomic E-state index is 0.255. The molecule has 1 aromatic carbocycles. The molecule has 3 N–H and O–H groups in total. The first-order valence-electron chi connectivity index (χ1n) is 6.10. The van der Waals surface area contributed by atoms with Gasteiger partial charge in [0.05, 0.1) is 16.1 Å². The van der Waals surface area contributed by atoms with Gasteiger partial charge in [-0.25, -0.2) is 4.98 Å². The van der Waals surface area contributed by atoms with Crippen LogP contribution in [0.4, 0.5) is 17.5 Å². The average Bonchev–Trinajstić information content (AvgIpc) is 2.74. The quantitative estimate of drug-likeness (QED) is 0.741. The minimum Gasteiger partial charge on any atom is -0.368 e. The first-order chi connectivity index (χ1) is 9.52. The summed E-state index contributed by atoms with van der Waals surface area (Å²) in [6.07, 6.45) is 0. The molecule has 0 unspecified atom stereocenters. The summed E-state index contributed by atoms with van der Waals surface area (Å²) in [6, 6.07) is 7.85. The standard InChI is InChI=1S/C14H13ClN4S/c1-7-3-4-10(15)11(5-7)17-12-9-6-8(2)20-13(9)19-14(16)18-12/h3-6H,1-2H3,(H3,16,17,18,19). The Kier molecular flexibility index (Phi) is 3.23. The van der Waals surface area contributed by atoms with E-state index in [1.165, 1.54) is 4.88 Å². The molecule has 0 fully saturated rings. The Morgan fingerprint density at radius 3 is 2.80 bits per heavy atom. The largest absolute Gasteiger partial charge is 0.368 e. The van der Waals surface area contributed by atoms with Gasteiger partial charge in [0.1, 0.15) is 10.6 Å². The van der Waals surface area contributed by atoms with Crippen molar-refractivity contribution < 1.29 is 0 Å². The number of nitrogen functional groups attached to an aromatic ring is 1. The van der Waals surface area contributed by atoms with Gasteiger partial charge in [-0.3, -0.25) is 0 Å². The van der Waals surface area contributed by atoms with Crippen LogP contribution in [0.15, 0.2) is 24.3 Å². The van der Waals surface area contributed by atoms with Crippen molar-refractivity contribution in [2.24, 2.45) is 0 Å². The first-order valence-corrected chi connectivity index (χ1v) is 7.29. The molecule has 0 spiro atoms. The number of benzene rings is 1. The van der Waals surface area contributed by atoms with Gasteiger partial charge in [-0.1, -0.05) is 17.7 Å². The molecule has 2 heterocycles. The normalized spacial score (nSPS) is 10.9. The highest BCUT2D eigenvalue weighted by atomic mass is 35.5. The molecule has 102 valence electrons. The highest BCUT2D eigenvalue weighted by molar-refractivity contribution is 7.18. The summed E-state index contributed by atoms with van der Waals surface area (Å²) in [7, 11) is 0. The second-order valence-corrected chi connectivity index (χ2v) is 6.26. The predicted molar refractivity (Wildman–Crippen MR) is 86.0 cm³/mol. The van der Waals surface area contributed by atoms with Gasteiger partial charge < -0.3 is 11.1 Å². The molecular formula is C14H13ClN4S. The van der Waals surface area contributed by atoms with E-state index in [0.717, 1.165) is 21.5 Å². The van der Waals surface area contributed by atoms with Crippen molar-refractivity contribution >= 4 is 50.6 Å². The second-order valence-electron chi connectivity index (χ2n) is 4.61. The molecule has 0 aliphatic carbocycles. The number of aryl methyl sites for hydroxylation is 2. The van der Waals surface area contributed by atoms with E-state index in [4.69, 9.17) is 17.3 Å². The molecule has 4 nitrogen and oxygen atoms in total. The summed E-state index contributed by atoms with van der Waals surface area (Å²) in [4.78, 5) is 10.6. The Labute approximate surface area is 125 Å². The van der Waals surface area contributed by atoms with Gasteiger partial charge in [0.15, 0.2) is 0 Å². The number of thiophene rings is 1. The van der Waals surface area contributed by atoms with E-state index in [2.05, 4.69) is 15.3 Å². The Hall–Kier alpha value is -1.85. The predicted octanol–water partition coefficient (Wildman–Crippen LogP) is 4.29. The lowest BCUT2D eigenvalue weighted by molar-refractivity contribution is 1.24. The van der Waals surface area contributed by atoms with Crippen LogP contribution in [0.25, 0.3) is 10.2 Å². The van der Waals surface area contributed by atoms with Gasteiger partial charge in [-0.15, -0.1) is 11.3 Å². The van der Waals surface area contributed by atoms with Crippen LogP contribution in [0.5, 0.6) is 0 Å². The molecule has 0 saturated carbocycles. The molecule has 0 aliphatic heterocycles. The van der Waals surface area contributed by atoms with E-state index in [1.807, 2.05) is 38.1 Å². The number of nitrogens with zero attached hydrogens (tertiary/aromatic N) is 2. The third-order valence-corrected chi connectivity index (χ3v) is 4.18. The van der Waals surface area contributed by atoms with Crippen molar-refractivity contribution in [3.05, 3.63) is 39.7 Å². The summed E-state index contributed by atoms with van der Waals surface area (Å²) in [5.41, 5.74) is 7.70. The highest BCUT2D eigenvalue weighted by Crippen LogP contribution is 2.33. The Morgan fingerprint density at radius 1 is 1.20 bits per heavy atom. The van der Waals surface area contributed by atoms with Gasteiger partial charge in [-0.05, 0) is 37.6 Å². The maximum Gasteiger partial charge on any atom is 0.223 e. The molecule has 2 aromatic heterocycles. The van der Waals surface area contributed by atoms with Crippen LogP contribution in [-0.4, -0.2) is 9.97 Å². The van der Waals surface area contributed by atoms with E-state index < -0.39 is 0 Å². The molecule has 0 atom stereocenters. The number of nitrogens with one attached hydrogen (secondary N) is 1. The van der Waals surface area contributed by atoms with Gasteiger partial charge in [0.25, 0.3) is 0 Å². The van der Waals surface area contributed by atoms with Crippen LogP contribution >= 0.6 is 22.9 Å². The number of rotatable bonds is 2. The SMILES string of the molecule is Cc1ccc(Cl)c(Nc2nc(N)nc3sc(C)cc23)c1. The van der Waals surface area contributed by atoms with Gasteiger partial charge >= 0.3 is 0 Å². The van der Waals surface area contributed by atoms with Gasteiger partial charge in [-0.2, -0.15) is 4.98 Å². The van der Waals surface area contributed by atoms with Crippen molar-refractivity contribution in [1.82, 2.24) is 9.97 Å². The third-order valence-electron chi connectivity index (χ3n) is 2.91.